The first kappa shape index (κ1) is 14.7. The quantitative estimate of drug-likeness (QED) is 0.822. The second-order valence-corrected chi connectivity index (χ2v) is 6.80. The molecule has 1 aliphatic carbocycles. The third-order valence-corrected chi connectivity index (χ3v) is 5.74. The number of phenolic OH excluding ortho intramolecular Hbond substituents is 1. The minimum atomic E-state index is 0.343. The molecule has 1 aromatic carbocycles. The lowest BCUT2D eigenvalue weighted by molar-refractivity contribution is 0.455. The van der Waals surface area contributed by atoms with Gasteiger partial charge in [0.2, 0.25) is 0 Å². The zero-order valence-corrected chi connectivity index (χ0v) is 12.8. The van der Waals surface area contributed by atoms with Crippen LogP contribution < -0.4 is 5.32 Å². The molecule has 1 aliphatic rings. The van der Waals surface area contributed by atoms with E-state index in [9.17, 15) is 5.11 Å². The summed E-state index contributed by atoms with van der Waals surface area (Å²) in [6.45, 7) is 3.30. The Bertz CT molecular complexity index is 384. The van der Waals surface area contributed by atoms with E-state index in [4.69, 9.17) is 0 Å². The van der Waals surface area contributed by atoms with Gasteiger partial charge in [-0.05, 0) is 43.2 Å². The summed E-state index contributed by atoms with van der Waals surface area (Å²) >= 11 is 2.03. The van der Waals surface area contributed by atoms with Crippen LogP contribution in [0.1, 0.15) is 50.6 Å². The molecule has 19 heavy (non-hydrogen) atoms. The van der Waals surface area contributed by atoms with Crippen LogP contribution in [0.2, 0.25) is 0 Å². The van der Waals surface area contributed by atoms with Gasteiger partial charge in [0.1, 0.15) is 5.75 Å². The summed E-state index contributed by atoms with van der Waals surface area (Å²) in [5.41, 5.74) is 1.27. The monoisotopic (exact) mass is 279 g/mol. The van der Waals surface area contributed by atoms with E-state index in [1.54, 1.807) is 12.1 Å². The van der Waals surface area contributed by atoms with Gasteiger partial charge in [0.05, 0.1) is 0 Å². The predicted octanol–water partition coefficient (Wildman–Crippen LogP) is 4.11. The molecular formula is C16H25NOS. The second kappa shape index (κ2) is 6.67. The van der Waals surface area contributed by atoms with E-state index in [1.807, 2.05) is 23.9 Å². The number of benzene rings is 1. The van der Waals surface area contributed by atoms with Gasteiger partial charge in [-0.1, -0.05) is 31.9 Å². The molecular weight excluding hydrogens is 254 g/mol. The number of phenols is 1. The van der Waals surface area contributed by atoms with Gasteiger partial charge in [0.15, 0.2) is 0 Å². The van der Waals surface area contributed by atoms with Gasteiger partial charge >= 0.3 is 0 Å². The van der Waals surface area contributed by atoms with Crippen LogP contribution in [0, 0.1) is 0 Å². The zero-order valence-electron chi connectivity index (χ0n) is 12.0. The van der Waals surface area contributed by atoms with Crippen LogP contribution in [0.15, 0.2) is 24.3 Å². The molecule has 1 saturated carbocycles. The Kier molecular flexibility index (Phi) is 5.17. The number of aromatic hydroxyl groups is 1. The molecule has 2 rings (SSSR count). The van der Waals surface area contributed by atoms with Gasteiger partial charge in [0.25, 0.3) is 0 Å². The van der Waals surface area contributed by atoms with Crippen LogP contribution in [-0.4, -0.2) is 22.7 Å². The molecule has 0 radical (unpaired) electrons. The molecule has 0 heterocycles. The average molecular weight is 279 g/mol. The van der Waals surface area contributed by atoms with Crippen molar-refractivity contribution in [2.75, 3.05) is 12.8 Å². The van der Waals surface area contributed by atoms with Crippen molar-refractivity contribution < 1.29 is 5.11 Å². The Morgan fingerprint density at radius 3 is 2.42 bits per heavy atom. The molecule has 1 atom stereocenters. The summed E-state index contributed by atoms with van der Waals surface area (Å²) < 4.78 is 0.449. The molecule has 1 unspecified atom stereocenters. The summed E-state index contributed by atoms with van der Waals surface area (Å²) in [6.07, 6.45) is 8.75. The Hall–Kier alpha value is -0.670. The molecule has 2 nitrogen and oxygen atoms in total. The molecule has 0 saturated heterocycles. The van der Waals surface area contributed by atoms with Crippen LogP contribution >= 0.6 is 11.8 Å². The number of thioether (sulfide) groups is 1. The highest BCUT2D eigenvalue weighted by molar-refractivity contribution is 8.00. The van der Waals surface area contributed by atoms with Crippen LogP contribution in [0.4, 0.5) is 0 Å². The third kappa shape index (κ3) is 3.67. The molecule has 106 valence electrons. The van der Waals surface area contributed by atoms with E-state index >= 15 is 0 Å². The van der Waals surface area contributed by atoms with E-state index in [-0.39, 0.29) is 0 Å². The fourth-order valence-electron chi connectivity index (χ4n) is 2.99. The summed E-state index contributed by atoms with van der Waals surface area (Å²) in [7, 11) is 0. The Labute approximate surface area is 121 Å². The maximum Gasteiger partial charge on any atom is 0.115 e. The van der Waals surface area contributed by atoms with E-state index < -0.39 is 0 Å². The lowest BCUT2D eigenvalue weighted by Crippen LogP contribution is -2.37. The van der Waals surface area contributed by atoms with E-state index in [1.165, 1.54) is 31.2 Å². The zero-order chi connectivity index (χ0) is 13.7. The second-order valence-electron chi connectivity index (χ2n) is 5.53. The van der Waals surface area contributed by atoms with Gasteiger partial charge in [0, 0.05) is 17.3 Å². The van der Waals surface area contributed by atoms with Crippen molar-refractivity contribution in [1.29, 1.82) is 0 Å². The normalized spacial score (nSPS) is 19.5. The first-order valence-electron chi connectivity index (χ1n) is 7.26. The topological polar surface area (TPSA) is 32.3 Å². The largest absolute Gasteiger partial charge is 0.508 e. The molecule has 3 heteroatoms. The molecule has 2 N–H and O–H groups in total. The third-order valence-electron chi connectivity index (χ3n) is 4.32. The van der Waals surface area contributed by atoms with Crippen molar-refractivity contribution >= 4 is 11.8 Å². The highest BCUT2D eigenvalue weighted by atomic mass is 32.2. The highest BCUT2D eigenvalue weighted by Gasteiger charge is 2.33. The van der Waals surface area contributed by atoms with Gasteiger partial charge in [-0.2, -0.15) is 11.8 Å². The SMILES string of the molecule is CCC(NCC1(SC)CCCC1)c1ccc(O)cc1. The summed E-state index contributed by atoms with van der Waals surface area (Å²) in [5, 5.41) is 13.1. The van der Waals surface area contributed by atoms with Crippen molar-refractivity contribution in [3.63, 3.8) is 0 Å². The van der Waals surface area contributed by atoms with Crippen molar-refractivity contribution in [3.05, 3.63) is 29.8 Å². The lowest BCUT2D eigenvalue weighted by Gasteiger charge is -2.30. The molecule has 0 spiro atoms. The minimum absolute atomic E-state index is 0.343. The maximum absolute atomic E-state index is 9.37. The van der Waals surface area contributed by atoms with Crippen molar-refractivity contribution in [1.82, 2.24) is 5.32 Å². The summed E-state index contributed by atoms with van der Waals surface area (Å²) in [6, 6.07) is 8.00. The molecule has 0 bridgehead atoms. The minimum Gasteiger partial charge on any atom is -0.508 e. The van der Waals surface area contributed by atoms with Crippen LogP contribution in [0.25, 0.3) is 0 Å². The summed E-state index contributed by atoms with van der Waals surface area (Å²) in [5.74, 6) is 0.343. The van der Waals surface area contributed by atoms with Crippen molar-refractivity contribution in [2.45, 2.75) is 49.8 Å². The first-order valence-corrected chi connectivity index (χ1v) is 8.49. The fourth-order valence-corrected chi connectivity index (χ4v) is 3.91. The van der Waals surface area contributed by atoms with Crippen LogP contribution in [0.5, 0.6) is 5.75 Å². The standard InChI is InChI=1S/C16H25NOS/c1-3-15(13-6-8-14(18)9-7-13)17-12-16(19-2)10-4-5-11-16/h6-9,15,17-18H,3-5,10-12H2,1-2H3. The predicted molar refractivity (Wildman–Crippen MR) is 83.9 cm³/mol. The number of hydrogen-bond acceptors (Lipinski definition) is 3. The molecule has 0 aromatic heterocycles. The first-order chi connectivity index (χ1) is 9.19. The van der Waals surface area contributed by atoms with Crippen molar-refractivity contribution in [2.24, 2.45) is 0 Å². The van der Waals surface area contributed by atoms with Crippen molar-refractivity contribution in [3.8, 4) is 5.75 Å². The highest BCUT2D eigenvalue weighted by Crippen LogP contribution is 2.40. The molecule has 0 aliphatic heterocycles. The van der Waals surface area contributed by atoms with Gasteiger partial charge < -0.3 is 10.4 Å². The number of hydrogen-bond donors (Lipinski definition) is 2. The number of nitrogens with one attached hydrogen (secondary N) is 1. The maximum atomic E-state index is 9.37. The van der Waals surface area contributed by atoms with Crippen LogP contribution in [-0.2, 0) is 0 Å². The van der Waals surface area contributed by atoms with Gasteiger partial charge in [-0.25, -0.2) is 0 Å². The Morgan fingerprint density at radius 1 is 1.26 bits per heavy atom. The fraction of sp³-hybridized carbons (Fsp3) is 0.625. The van der Waals surface area contributed by atoms with E-state index in [0.717, 1.165) is 13.0 Å². The average Bonchev–Trinajstić information content (AvgIpc) is 2.91. The van der Waals surface area contributed by atoms with E-state index in [2.05, 4.69) is 18.5 Å². The Balaban J connectivity index is 1.97. The molecule has 0 amide bonds. The van der Waals surface area contributed by atoms with Crippen LogP contribution in [0.3, 0.4) is 0 Å². The lowest BCUT2D eigenvalue weighted by atomic mass is 10.0. The van der Waals surface area contributed by atoms with Gasteiger partial charge in [-0.15, -0.1) is 0 Å². The van der Waals surface area contributed by atoms with Gasteiger partial charge in [-0.3, -0.25) is 0 Å². The summed E-state index contributed by atoms with van der Waals surface area (Å²) in [4.78, 5) is 0. The van der Waals surface area contributed by atoms with E-state index in [0.29, 0.717) is 16.5 Å². The smallest absolute Gasteiger partial charge is 0.115 e. The number of rotatable bonds is 6. The molecule has 1 fully saturated rings. The molecule has 1 aromatic rings. The Morgan fingerprint density at radius 2 is 1.89 bits per heavy atom.